The van der Waals surface area contributed by atoms with E-state index in [9.17, 15) is 18.0 Å². The number of benzene rings is 3. The van der Waals surface area contributed by atoms with Gasteiger partial charge in [-0.05, 0) is 63.2 Å². The summed E-state index contributed by atoms with van der Waals surface area (Å²) in [5.41, 5.74) is 2.43. The fraction of sp³-hybridized carbons (Fsp3) is 0.217. The summed E-state index contributed by atoms with van der Waals surface area (Å²) in [6.07, 6.45) is 0. The van der Waals surface area contributed by atoms with Crippen LogP contribution >= 0.6 is 0 Å². The summed E-state index contributed by atoms with van der Waals surface area (Å²) in [7, 11) is -3.39. The van der Waals surface area contributed by atoms with Crippen molar-refractivity contribution in [2.75, 3.05) is 16.8 Å². The van der Waals surface area contributed by atoms with Gasteiger partial charge in [0.1, 0.15) is 0 Å². The average Bonchev–Trinajstić information content (AvgIpc) is 3.02. The number of nitrogens with one attached hydrogen (secondary N) is 1. The summed E-state index contributed by atoms with van der Waals surface area (Å²) < 4.78 is 24.5. The first-order valence-corrected chi connectivity index (χ1v) is 11.3. The zero-order chi connectivity index (χ0) is 21.6. The molecule has 30 heavy (non-hydrogen) atoms. The minimum absolute atomic E-state index is 0.0384. The smallest absolute Gasteiger partial charge is 0.258 e. The van der Waals surface area contributed by atoms with Gasteiger partial charge in [0.25, 0.3) is 11.8 Å². The van der Waals surface area contributed by atoms with Gasteiger partial charge in [-0.3, -0.25) is 9.59 Å². The highest BCUT2D eigenvalue weighted by Crippen LogP contribution is 2.40. The topological polar surface area (TPSA) is 83.6 Å². The maximum absolute atomic E-state index is 12.8. The minimum Gasteiger partial charge on any atom is -0.321 e. The molecule has 0 spiro atoms. The highest BCUT2D eigenvalue weighted by Gasteiger charge is 2.29. The van der Waals surface area contributed by atoms with Crippen molar-refractivity contribution in [3.63, 3.8) is 0 Å². The lowest BCUT2D eigenvalue weighted by Crippen LogP contribution is -2.25. The van der Waals surface area contributed by atoms with Crippen molar-refractivity contribution in [1.29, 1.82) is 0 Å². The molecule has 0 saturated heterocycles. The fourth-order valence-corrected chi connectivity index (χ4v) is 4.79. The van der Waals surface area contributed by atoms with E-state index in [1.165, 1.54) is 24.3 Å². The van der Waals surface area contributed by atoms with Crippen LogP contribution in [-0.4, -0.2) is 32.0 Å². The van der Waals surface area contributed by atoms with Crippen LogP contribution in [0.25, 0.3) is 10.8 Å². The molecular weight excluding hydrogens is 400 g/mol. The Labute approximate surface area is 175 Å². The quantitative estimate of drug-likeness (QED) is 0.666. The van der Waals surface area contributed by atoms with Crippen LogP contribution in [0, 0.1) is 0 Å². The Balaban J connectivity index is 1.67. The van der Waals surface area contributed by atoms with Gasteiger partial charge in [-0.15, -0.1) is 0 Å². The summed E-state index contributed by atoms with van der Waals surface area (Å²) in [4.78, 5) is 27.3. The third-order valence-corrected chi connectivity index (χ3v) is 7.59. The number of carbonyl (C=O) groups excluding carboxylic acids is 2. The van der Waals surface area contributed by atoms with Crippen molar-refractivity contribution in [2.45, 2.75) is 30.9 Å². The van der Waals surface area contributed by atoms with Crippen molar-refractivity contribution in [1.82, 2.24) is 0 Å². The van der Waals surface area contributed by atoms with E-state index in [1.54, 1.807) is 36.9 Å². The summed E-state index contributed by atoms with van der Waals surface area (Å²) in [5, 5.41) is 3.99. The molecular formula is C23H22N2O4S. The highest BCUT2D eigenvalue weighted by atomic mass is 32.2. The number of sulfone groups is 1. The largest absolute Gasteiger partial charge is 0.321 e. The summed E-state index contributed by atoms with van der Waals surface area (Å²) in [6.45, 7) is 5.74. The van der Waals surface area contributed by atoms with E-state index < -0.39 is 15.1 Å². The van der Waals surface area contributed by atoms with Crippen LogP contribution in [0.2, 0.25) is 0 Å². The minimum atomic E-state index is -3.39. The molecule has 0 atom stereocenters. The van der Waals surface area contributed by atoms with Gasteiger partial charge in [0.15, 0.2) is 9.84 Å². The summed E-state index contributed by atoms with van der Waals surface area (Å²) in [6, 6.07) is 15.0. The second-order valence-corrected chi connectivity index (χ2v) is 9.99. The monoisotopic (exact) mass is 422 g/mol. The molecule has 0 saturated carbocycles. The third kappa shape index (κ3) is 3.06. The molecule has 0 aromatic heterocycles. The van der Waals surface area contributed by atoms with E-state index in [0.717, 1.165) is 16.5 Å². The van der Waals surface area contributed by atoms with Crippen LogP contribution in [0.1, 0.15) is 41.5 Å². The van der Waals surface area contributed by atoms with Gasteiger partial charge in [-0.1, -0.05) is 12.1 Å². The number of anilines is 2. The maximum Gasteiger partial charge on any atom is 0.258 e. The Morgan fingerprint density at radius 3 is 2.37 bits per heavy atom. The zero-order valence-corrected chi connectivity index (χ0v) is 17.8. The highest BCUT2D eigenvalue weighted by molar-refractivity contribution is 7.92. The molecule has 1 aliphatic rings. The SMILES string of the molecule is CCN1C(=O)c2cccc3c(NC(=O)c4ccc(S(=O)(=O)C(C)C)cc4)ccc1c23. The standard InChI is InChI=1S/C23H22N2O4S/c1-4-25-20-13-12-19(17-6-5-7-18(21(17)20)23(25)27)24-22(26)15-8-10-16(11-9-15)30(28,29)14(2)3/h5-14H,4H2,1-3H3,(H,24,26). The maximum atomic E-state index is 12.8. The van der Waals surface area contributed by atoms with E-state index in [1.807, 2.05) is 19.1 Å². The molecule has 3 aromatic carbocycles. The number of rotatable bonds is 5. The molecule has 3 aromatic rings. The predicted octanol–water partition coefficient (Wildman–Crippen LogP) is 4.25. The molecule has 1 N–H and O–H groups in total. The lowest BCUT2D eigenvalue weighted by molar-refractivity contribution is 0.0992. The third-order valence-electron chi connectivity index (χ3n) is 5.42. The molecule has 1 heterocycles. The molecule has 0 aliphatic carbocycles. The molecule has 4 rings (SSSR count). The van der Waals surface area contributed by atoms with Crippen molar-refractivity contribution in [3.8, 4) is 0 Å². The van der Waals surface area contributed by atoms with Crippen LogP contribution in [0.15, 0.2) is 59.5 Å². The van der Waals surface area contributed by atoms with Gasteiger partial charge in [-0.25, -0.2) is 8.42 Å². The van der Waals surface area contributed by atoms with E-state index in [-0.39, 0.29) is 16.7 Å². The van der Waals surface area contributed by atoms with Gasteiger partial charge < -0.3 is 10.2 Å². The Kier molecular flexibility index (Phi) is 4.86. The van der Waals surface area contributed by atoms with Gasteiger partial charge in [-0.2, -0.15) is 0 Å². The van der Waals surface area contributed by atoms with E-state index >= 15 is 0 Å². The van der Waals surface area contributed by atoms with Crippen molar-refractivity contribution in [3.05, 3.63) is 65.7 Å². The number of carbonyl (C=O) groups is 2. The first-order valence-electron chi connectivity index (χ1n) is 9.78. The van der Waals surface area contributed by atoms with Crippen LogP contribution in [-0.2, 0) is 9.84 Å². The van der Waals surface area contributed by atoms with E-state index in [2.05, 4.69) is 5.32 Å². The Morgan fingerprint density at radius 2 is 1.73 bits per heavy atom. The number of hydrogen-bond donors (Lipinski definition) is 1. The van der Waals surface area contributed by atoms with Crippen LogP contribution in [0.5, 0.6) is 0 Å². The van der Waals surface area contributed by atoms with Gasteiger partial charge in [0.05, 0.1) is 15.8 Å². The molecule has 0 unspecified atom stereocenters. The molecule has 7 heteroatoms. The number of amides is 2. The van der Waals surface area contributed by atoms with Crippen molar-refractivity contribution >= 4 is 43.8 Å². The first kappa shape index (κ1) is 20.1. The Morgan fingerprint density at radius 1 is 1.03 bits per heavy atom. The van der Waals surface area contributed by atoms with E-state index in [4.69, 9.17) is 0 Å². The normalized spacial score (nSPS) is 13.3. The fourth-order valence-electron chi connectivity index (χ4n) is 3.73. The predicted molar refractivity (Wildman–Crippen MR) is 118 cm³/mol. The molecule has 154 valence electrons. The second-order valence-electron chi connectivity index (χ2n) is 7.48. The van der Waals surface area contributed by atoms with Gasteiger partial charge >= 0.3 is 0 Å². The van der Waals surface area contributed by atoms with E-state index in [0.29, 0.717) is 23.4 Å². The molecule has 0 radical (unpaired) electrons. The Bertz CT molecular complexity index is 1280. The lowest BCUT2D eigenvalue weighted by atomic mass is 10.0. The summed E-state index contributed by atoms with van der Waals surface area (Å²) >= 11 is 0. The first-order chi connectivity index (χ1) is 14.3. The average molecular weight is 423 g/mol. The molecule has 0 fully saturated rings. The van der Waals surface area contributed by atoms with Gasteiger partial charge in [0.2, 0.25) is 0 Å². The molecule has 1 aliphatic heterocycles. The van der Waals surface area contributed by atoms with Crippen molar-refractivity contribution < 1.29 is 18.0 Å². The second kappa shape index (κ2) is 7.25. The molecule has 0 bridgehead atoms. The Hall–Kier alpha value is -3.19. The van der Waals surface area contributed by atoms with Crippen LogP contribution in [0.4, 0.5) is 11.4 Å². The van der Waals surface area contributed by atoms with Gasteiger partial charge in [0, 0.05) is 34.1 Å². The molecule has 6 nitrogen and oxygen atoms in total. The van der Waals surface area contributed by atoms with Crippen LogP contribution in [0.3, 0.4) is 0 Å². The van der Waals surface area contributed by atoms with Crippen LogP contribution < -0.4 is 10.2 Å². The summed E-state index contributed by atoms with van der Waals surface area (Å²) in [5.74, 6) is -0.385. The number of hydrogen-bond acceptors (Lipinski definition) is 4. The molecule has 2 amide bonds. The van der Waals surface area contributed by atoms with Crippen molar-refractivity contribution in [2.24, 2.45) is 0 Å². The number of nitrogens with zero attached hydrogens (tertiary/aromatic N) is 1. The lowest BCUT2D eigenvalue weighted by Gasteiger charge is -2.15. The zero-order valence-electron chi connectivity index (χ0n) is 17.0.